The van der Waals surface area contributed by atoms with E-state index in [2.05, 4.69) is 15.1 Å². The summed E-state index contributed by atoms with van der Waals surface area (Å²) in [6, 6.07) is 1.27. The summed E-state index contributed by atoms with van der Waals surface area (Å²) in [5, 5.41) is 4.04. The van der Waals surface area contributed by atoms with Crippen LogP contribution in [0.3, 0.4) is 0 Å². The first-order valence-electron chi connectivity index (χ1n) is 7.93. The third-order valence-corrected chi connectivity index (χ3v) is 4.21. The van der Waals surface area contributed by atoms with E-state index in [-0.39, 0.29) is 17.5 Å². The van der Waals surface area contributed by atoms with E-state index in [4.69, 9.17) is 4.52 Å². The minimum absolute atomic E-state index is 0.105. The smallest absolute Gasteiger partial charge is 0.256 e. The summed E-state index contributed by atoms with van der Waals surface area (Å²) in [5.74, 6) is 1.04. The maximum Gasteiger partial charge on any atom is 0.256 e. The lowest BCUT2D eigenvalue weighted by molar-refractivity contribution is 0.0595. The summed E-state index contributed by atoms with van der Waals surface area (Å²) < 4.78 is 5.19. The van der Waals surface area contributed by atoms with Crippen LogP contribution in [0.25, 0.3) is 0 Å². The molecule has 23 heavy (non-hydrogen) atoms. The number of aromatic amines is 1. The van der Waals surface area contributed by atoms with Gasteiger partial charge in [-0.15, -0.1) is 0 Å². The Hall–Kier alpha value is -2.44. The summed E-state index contributed by atoms with van der Waals surface area (Å²) in [6.07, 6.45) is 4.95. The van der Waals surface area contributed by atoms with E-state index >= 15 is 0 Å². The van der Waals surface area contributed by atoms with Crippen LogP contribution in [-0.4, -0.2) is 32.5 Å². The normalized spacial score (nSPS) is 18.2. The van der Waals surface area contributed by atoms with Crippen molar-refractivity contribution in [2.24, 2.45) is 0 Å². The molecule has 0 spiro atoms. The maximum atomic E-state index is 12.9. The second kappa shape index (κ2) is 6.36. The van der Waals surface area contributed by atoms with Gasteiger partial charge in [0.15, 0.2) is 5.82 Å². The van der Waals surface area contributed by atoms with Gasteiger partial charge in [-0.1, -0.05) is 12.1 Å². The lowest BCUT2D eigenvalue weighted by Gasteiger charge is -2.34. The van der Waals surface area contributed by atoms with Crippen LogP contribution in [0, 0.1) is 6.92 Å². The Balaban J connectivity index is 1.91. The quantitative estimate of drug-likeness (QED) is 0.935. The molecule has 2 aromatic heterocycles. The molecule has 0 saturated carbocycles. The monoisotopic (exact) mass is 316 g/mol. The van der Waals surface area contributed by atoms with Crippen LogP contribution in [0.5, 0.6) is 0 Å². The van der Waals surface area contributed by atoms with Crippen LogP contribution >= 0.6 is 0 Å². The second-order valence-electron chi connectivity index (χ2n) is 5.80. The third kappa shape index (κ3) is 3.04. The molecule has 7 nitrogen and oxygen atoms in total. The number of hydrogen-bond acceptors (Lipinski definition) is 5. The van der Waals surface area contributed by atoms with Gasteiger partial charge in [0.2, 0.25) is 11.4 Å². The molecule has 3 heterocycles. The zero-order valence-corrected chi connectivity index (χ0v) is 13.3. The molecule has 0 radical (unpaired) electrons. The highest BCUT2D eigenvalue weighted by Gasteiger charge is 2.32. The van der Waals surface area contributed by atoms with Gasteiger partial charge in [-0.05, 0) is 31.7 Å². The van der Waals surface area contributed by atoms with Gasteiger partial charge in [0, 0.05) is 25.2 Å². The Morgan fingerprint density at radius 1 is 1.48 bits per heavy atom. The first kappa shape index (κ1) is 15.5. The molecule has 1 amide bonds. The van der Waals surface area contributed by atoms with Crippen molar-refractivity contribution in [3.05, 3.63) is 45.5 Å². The maximum absolute atomic E-state index is 12.9. The van der Waals surface area contributed by atoms with Crippen molar-refractivity contribution < 1.29 is 9.32 Å². The Kier molecular flexibility index (Phi) is 4.27. The van der Waals surface area contributed by atoms with Gasteiger partial charge >= 0.3 is 0 Å². The average Bonchev–Trinajstić information content (AvgIpc) is 3.03. The molecule has 0 aromatic carbocycles. The van der Waals surface area contributed by atoms with Crippen LogP contribution in [0.1, 0.15) is 59.9 Å². The van der Waals surface area contributed by atoms with Crippen molar-refractivity contribution in [1.29, 1.82) is 0 Å². The topological polar surface area (TPSA) is 92.1 Å². The molecular formula is C16H20N4O3. The molecule has 1 saturated heterocycles. The number of nitrogens with one attached hydrogen (secondary N) is 1. The molecular weight excluding hydrogens is 296 g/mol. The van der Waals surface area contributed by atoms with E-state index in [0.717, 1.165) is 19.3 Å². The predicted molar refractivity (Wildman–Crippen MR) is 83.1 cm³/mol. The van der Waals surface area contributed by atoms with Gasteiger partial charge in [-0.3, -0.25) is 9.59 Å². The molecule has 7 heteroatoms. The molecule has 122 valence electrons. The zero-order valence-electron chi connectivity index (χ0n) is 13.3. The Morgan fingerprint density at radius 2 is 2.30 bits per heavy atom. The minimum atomic E-state index is -0.208. The summed E-state index contributed by atoms with van der Waals surface area (Å²) in [5.41, 5.74) is 0.973. The highest BCUT2D eigenvalue weighted by molar-refractivity contribution is 5.95. The Morgan fingerprint density at radius 3 is 3.00 bits per heavy atom. The predicted octanol–water partition coefficient (Wildman–Crippen LogP) is 2.00. The zero-order chi connectivity index (χ0) is 16.4. The van der Waals surface area contributed by atoms with Crippen molar-refractivity contribution in [3.63, 3.8) is 0 Å². The third-order valence-electron chi connectivity index (χ3n) is 4.21. The van der Waals surface area contributed by atoms with Crippen molar-refractivity contribution in [2.75, 3.05) is 6.54 Å². The van der Waals surface area contributed by atoms with Crippen LogP contribution in [-0.2, 0) is 6.42 Å². The molecule has 0 bridgehead atoms. The molecule has 1 aliphatic heterocycles. The lowest BCUT2D eigenvalue weighted by Crippen LogP contribution is -2.39. The number of carbonyl (C=O) groups excluding carboxylic acids is 1. The molecule has 1 unspecified atom stereocenters. The summed E-state index contributed by atoms with van der Waals surface area (Å²) in [6.45, 7) is 4.37. The number of pyridine rings is 1. The first-order chi connectivity index (χ1) is 11.1. The highest BCUT2D eigenvalue weighted by atomic mass is 16.5. The van der Waals surface area contributed by atoms with Gasteiger partial charge < -0.3 is 14.4 Å². The number of nitrogens with zero attached hydrogens (tertiary/aromatic N) is 3. The molecule has 1 fully saturated rings. The number of rotatable bonds is 3. The molecule has 2 aromatic rings. The van der Waals surface area contributed by atoms with Gasteiger partial charge in [0.25, 0.3) is 5.91 Å². The van der Waals surface area contributed by atoms with E-state index in [0.29, 0.717) is 35.8 Å². The van der Waals surface area contributed by atoms with Crippen LogP contribution in [0.4, 0.5) is 0 Å². The summed E-state index contributed by atoms with van der Waals surface area (Å²) >= 11 is 0. The standard InChI is InChI=1S/C16H20N4O3/c1-3-14-18-15(19-23-14)12-6-4-5-7-20(12)16(22)11-9-17-13(21)8-10(11)2/h8-9,12H,3-7H2,1-2H3,(H,17,21). The van der Waals surface area contributed by atoms with Crippen molar-refractivity contribution in [1.82, 2.24) is 20.0 Å². The number of hydrogen-bond donors (Lipinski definition) is 1. The van der Waals surface area contributed by atoms with E-state index in [1.165, 1.54) is 12.3 Å². The van der Waals surface area contributed by atoms with Gasteiger partial charge in [-0.25, -0.2) is 0 Å². The number of H-pyrrole nitrogens is 1. The van der Waals surface area contributed by atoms with E-state index in [1.54, 1.807) is 11.8 Å². The van der Waals surface area contributed by atoms with Gasteiger partial charge in [0.1, 0.15) is 0 Å². The van der Waals surface area contributed by atoms with Crippen LogP contribution in [0.2, 0.25) is 0 Å². The van der Waals surface area contributed by atoms with Crippen LogP contribution in [0.15, 0.2) is 21.6 Å². The van der Waals surface area contributed by atoms with Crippen molar-refractivity contribution >= 4 is 5.91 Å². The molecule has 1 N–H and O–H groups in total. The van der Waals surface area contributed by atoms with Gasteiger partial charge in [-0.2, -0.15) is 4.98 Å². The van der Waals surface area contributed by atoms with Crippen LogP contribution < -0.4 is 5.56 Å². The second-order valence-corrected chi connectivity index (χ2v) is 5.80. The number of carbonyl (C=O) groups is 1. The number of aryl methyl sites for hydroxylation is 2. The number of amides is 1. The van der Waals surface area contributed by atoms with Crippen molar-refractivity contribution in [2.45, 2.75) is 45.6 Å². The first-order valence-corrected chi connectivity index (χ1v) is 7.93. The fourth-order valence-electron chi connectivity index (χ4n) is 2.95. The van der Waals surface area contributed by atoms with E-state index in [1.807, 2.05) is 6.92 Å². The van der Waals surface area contributed by atoms with E-state index in [9.17, 15) is 9.59 Å². The SMILES string of the molecule is CCc1nc(C2CCCCN2C(=O)c2c[nH]c(=O)cc2C)no1. The van der Waals surface area contributed by atoms with E-state index < -0.39 is 0 Å². The molecule has 1 atom stereocenters. The summed E-state index contributed by atoms with van der Waals surface area (Å²) in [4.78, 5) is 33.0. The number of aromatic nitrogens is 3. The largest absolute Gasteiger partial charge is 0.339 e. The fourth-order valence-corrected chi connectivity index (χ4v) is 2.95. The fraction of sp³-hybridized carbons (Fsp3) is 0.500. The van der Waals surface area contributed by atoms with Gasteiger partial charge in [0.05, 0.1) is 11.6 Å². The Bertz CT molecular complexity index is 765. The molecule has 3 rings (SSSR count). The molecule has 0 aliphatic carbocycles. The minimum Gasteiger partial charge on any atom is -0.339 e. The molecule has 1 aliphatic rings. The summed E-state index contributed by atoms with van der Waals surface area (Å²) in [7, 11) is 0. The Labute approximate surface area is 133 Å². The lowest BCUT2D eigenvalue weighted by atomic mass is 9.99. The number of likely N-dealkylation sites (tertiary alicyclic amines) is 1. The van der Waals surface area contributed by atoms with Crippen molar-refractivity contribution in [3.8, 4) is 0 Å². The highest BCUT2D eigenvalue weighted by Crippen LogP contribution is 2.30. The average molecular weight is 316 g/mol. The number of piperidine rings is 1.